The lowest BCUT2D eigenvalue weighted by molar-refractivity contribution is -0.127. The molecule has 8 heteroatoms. The molecule has 23 heavy (non-hydrogen) atoms. The lowest BCUT2D eigenvalue weighted by Gasteiger charge is -2.18. The van der Waals surface area contributed by atoms with Crippen molar-refractivity contribution in [3.05, 3.63) is 41.2 Å². The number of amides is 1. The number of benzene rings is 1. The molecule has 0 aliphatic carbocycles. The summed E-state index contributed by atoms with van der Waals surface area (Å²) in [6.07, 6.45) is 1.29. The summed E-state index contributed by atoms with van der Waals surface area (Å²) in [7, 11) is -0.687. The maximum Gasteiger partial charge on any atom is 0.249 e. The molecule has 7 nitrogen and oxygen atoms in total. The van der Waals surface area contributed by atoms with Crippen LogP contribution >= 0.6 is 0 Å². The predicted molar refractivity (Wildman–Crippen MR) is 85.4 cm³/mol. The van der Waals surface area contributed by atoms with E-state index in [1.54, 1.807) is 7.05 Å². The quantitative estimate of drug-likeness (QED) is 0.808. The number of carbonyl (C=O) groups is 1. The molecule has 0 bridgehead atoms. The van der Waals surface area contributed by atoms with Gasteiger partial charge in [-0.3, -0.25) is 4.79 Å². The monoisotopic (exact) mass is 336 g/mol. The lowest BCUT2D eigenvalue weighted by atomic mass is 10.1. The van der Waals surface area contributed by atoms with Crippen LogP contribution in [0.25, 0.3) is 0 Å². The molecule has 1 amide bonds. The van der Waals surface area contributed by atoms with E-state index in [0.29, 0.717) is 6.54 Å². The number of sulfone groups is 1. The van der Waals surface area contributed by atoms with E-state index < -0.39 is 21.5 Å². The molecule has 1 aromatic heterocycles. The summed E-state index contributed by atoms with van der Waals surface area (Å²) in [6, 6.07) is 5.95. The summed E-state index contributed by atoms with van der Waals surface area (Å²) in [4.78, 5) is 13.6. The van der Waals surface area contributed by atoms with E-state index in [0.717, 1.165) is 16.7 Å². The van der Waals surface area contributed by atoms with Crippen LogP contribution < -0.4 is 0 Å². The smallest absolute Gasteiger partial charge is 0.249 e. The van der Waals surface area contributed by atoms with Gasteiger partial charge < -0.3 is 9.47 Å². The zero-order chi connectivity index (χ0) is 17.2. The zero-order valence-electron chi connectivity index (χ0n) is 13.6. The van der Waals surface area contributed by atoms with Crippen molar-refractivity contribution in [3.63, 3.8) is 0 Å². The van der Waals surface area contributed by atoms with Gasteiger partial charge in [0.05, 0.1) is 0 Å². The van der Waals surface area contributed by atoms with Crippen molar-refractivity contribution in [1.29, 1.82) is 0 Å². The number of carbonyl (C=O) groups excluding carboxylic acids is 1. The molecule has 2 rings (SSSR count). The van der Waals surface area contributed by atoms with E-state index in [1.165, 1.54) is 22.8 Å². The minimum Gasteiger partial charge on any atom is -0.341 e. The van der Waals surface area contributed by atoms with Crippen LogP contribution in [0.5, 0.6) is 0 Å². The maximum atomic E-state index is 12.2. The Hall–Kier alpha value is -2.22. The van der Waals surface area contributed by atoms with Crippen molar-refractivity contribution in [1.82, 2.24) is 19.7 Å². The van der Waals surface area contributed by atoms with Crippen molar-refractivity contribution >= 4 is 15.7 Å². The van der Waals surface area contributed by atoms with Crippen LogP contribution in [-0.2, 0) is 28.2 Å². The minimum absolute atomic E-state index is 0.203. The normalized spacial score (nSPS) is 11.5. The van der Waals surface area contributed by atoms with Gasteiger partial charge in [0.25, 0.3) is 0 Å². The highest BCUT2D eigenvalue weighted by molar-refractivity contribution is 7.91. The molecule has 0 saturated heterocycles. The number of aromatic nitrogens is 3. The molecule has 124 valence electrons. The van der Waals surface area contributed by atoms with Crippen molar-refractivity contribution in [2.24, 2.45) is 7.05 Å². The van der Waals surface area contributed by atoms with Crippen molar-refractivity contribution < 1.29 is 13.2 Å². The Morgan fingerprint density at radius 1 is 1.30 bits per heavy atom. The summed E-state index contributed by atoms with van der Waals surface area (Å²) in [5, 5.41) is 6.90. The van der Waals surface area contributed by atoms with Crippen LogP contribution in [0.3, 0.4) is 0 Å². The Bertz CT molecular complexity index is 827. The van der Waals surface area contributed by atoms with Gasteiger partial charge >= 0.3 is 0 Å². The average Bonchev–Trinajstić information content (AvgIpc) is 2.88. The molecule has 1 aromatic carbocycles. The molecule has 0 unspecified atom stereocenters. The first-order valence-electron chi connectivity index (χ1n) is 7.07. The van der Waals surface area contributed by atoms with Crippen LogP contribution in [0, 0.1) is 13.8 Å². The average molecular weight is 336 g/mol. The fourth-order valence-electron chi connectivity index (χ4n) is 2.26. The second-order valence-electron chi connectivity index (χ2n) is 5.66. The van der Waals surface area contributed by atoms with Gasteiger partial charge in [0.15, 0.2) is 0 Å². The van der Waals surface area contributed by atoms with Crippen molar-refractivity contribution in [2.45, 2.75) is 25.5 Å². The topological polar surface area (TPSA) is 85.2 Å². The van der Waals surface area contributed by atoms with Gasteiger partial charge in [-0.15, -0.1) is 10.2 Å². The third kappa shape index (κ3) is 3.95. The molecule has 1 heterocycles. The highest BCUT2D eigenvalue weighted by Crippen LogP contribution is 2.13. The SMILES string of the molecule is Cc1ccc(CN(C)C(=O)CS(=O)(=O)c2nncn2C)c(C)c1. The second kappa shape index (κ2) is 6.49. The maximum absolute atomic E-state index is 12.2. The van der Waals surface area contributed by atoms with Gasteiger partial charge in [0, 0.05) is 20.6 Å². The molecule has 0 fully saturated rings. The summed E-state index contributed by atoms with van der Waals surface area (Å²) in [5.74, 6) is -1.10. The van der Waals surface area contributed by atoms with Gasteiger partial charge in [-0.05, 0) is 25.0 Å². The van der Waals surface area contributed by atoms with Gasteiger partial charge in [-0.25, -0.2) is 8.42 Å². The van der Waals surface area contributed by atoms with Crippen LogP contribution in [0.4, 0.5) is 0 Å². The molecular weight excluding hydrogens is 316 g/mol. The summed E-state index contributed by atoms with van der Waals surface area (Å²) < 4.78 is 25.7. The van der Waals surface area contributed by atoms with Crippen LogP contribution in [0.2, 0.25) is 0 Å². The van der Waals surface area contributed by atoms with Crippen molar-refractivity contribution in [3.8, 4) is 0 Å². The fourth-order valence-corrected chi connectivity index (χ4v) is 3.59. The number of aryl methyl sites for hydroxylation is 3. The predicted octanol–water partition coefficient (Wildman–Crippen LogP) is 0.864. The molecular formula is C15H20N4O3S. The van der Waals surface area contributed by atoms with E-state index in [4.69, 9.17) is 0 Å². The first-order chi connectivity index (χ1) is 10.7. The van der Waals surface area contributed by atoms with Gasteiger partial charge in [0.1, 0.15) is 12.1 Å². The number of rotatable bonds is 5. The van der Waals surface area contributed by atoms with E-state index in [2.05, 4.69) is 10.2 Å². The molecule has 0 aliphatic heterocycles. The summed E-state index contributed by atoms with van der Waals surface area (Å²) in [6.45, 7) is 4.33. The number of hydrogen-bond donors (Lipinski definition) is 0. The first kappa shape index (κ1) is 17.1. The Morgan fingerprint density at radius 2 is 2.00 bits per heavy atom. The lowest BCUT2D eigenvalue weighted by Crippen LogP contribution is -2.33. The third-order valence-corrected chi connectivity index (χ3v) is 5.15. The van der Waals surface area contributed by atoms with Crippen LogP contribution in [-0.4, -0.2) is 46.8 Å². The summed E-state index contributed by atoms with van der Waals surface area (Å²) >= 11 is 0. The molecule has 0 spiro atoms. The standard InChI is InChI=1S/C15H20N4O3S/c1-11-5-6-13(12(2)7-11)8-18(3)14(20)9-23(21,22)15-17-16-10-19(15)4/h5-7,10H,8-9H2,1-4H3. The van der Waals surface area contributed by atoms with Crippen molar-refractivity contribution in [2.75, 3.05) is 12.8 Å². The Labute approximate surface area is 135 Å². The minimum atomic E-state index is -3.80. The van der Waals surface area contributed by atoms with E-state index in [9.17, 15) is 13.2 Å². The third-order valence-electron chi connectivity index (χ3n) is 3.59. The number of hydrogen-bond acceptors (Lipinski definition) is 5. The number of nitrogens with zero attached hydrogens (tertiary/aromatic N) is 4. The summed E-state index contributed by atoms with van der Waals surface area (Å²) in [5.41, 5.74) is 3.20. The molecule has 0 radical (unpaired) electrons. The van der Waals surface area contributed by atoms with Crippen LogP contribution in [0.15, 0.2) is 29.7 Å². The molecule has 0 saturated carbocycles. The highest BCUT2D eigenvalue weighted by atomic mass is 32.2. The van der Waals surface area contributed by atoms with E-state index in [-0.39, 0.29) is 5.16 Å². The fraction of sp³-hybridized carbons (Fsp3) is 0.400. The molecule has 0 atom stereocenters. The Balaban J connectivity index is 2.10. The van der Waals surface area contributed by atoms with Gasteiger partial charge in [0.2, 0.25) is 20.9 Å². The first-order valence-corrected chi connectivity index (χ1v) is 8.73. The Kier molecular flexibility index (Phi) is 4.84. The van der Waals surface area contributed by atoms with Crippen LogP contribution in [0.1, 0.15) is 16.7 Å². The zero-order valence-corrected chi connectivity index (χ0v) is 14.5. The highest BCUT2D eigenvalue weighted by Gasteiger charge is 2.26. The second-order valence-corrected chi connectivity index (χ2v) is 7.55. The molecule has 0 N–H and O–H groups in total. The van der Waals surface area contributed by atoms with Gasteiger partial charge in [-0.1, -0.05) is 23.8 Å². The van der Waals surface area contributed by atoms with E-state index in [1.807, 2.05) is 32.0 Å². The largest absolute Gasteiger partial charge is 0.341 e. The van der Waals surface area contributed by atoms with E-state index >= 15 is 0 Å². The molecule has 2 aromatic rings. The Morgan fingerprint density at radius 3 is 2.57 bits per heavy atom. The van der Waals surface area contributed by atoms with Gasteiger partial charge in [-0.2, -0.15) is 0 Å². The molecule has 0 aliphatic rings.